The van der Waals surface area contributed by atoms with Gasteiger partial charge in [-0.3, -0.25) is 4.79 Å². The summed E-state index contributed by atoms with van der Waals surface area (Å²) in [6, 6.07) is 19.9. The van der Waals surface area contributed by atoms with Gasteiger partial charge in [0.05, 0.1) is 23.4 Å². The Morgan fingerprint density at radius 2 is 1.71 bits per heavy atom. The molecule has 1 atom stereocenters. The summed E-state index contributed by atoms with van der Waals surface area (Å²) in [6.07, 6.45) is 1.73. The fraction of sp³-hybridized carbons (Fsp3) is 0.424. The third-order valence-corrected chi connectivity index (χ3v) is 9.25. The van der Waals surface area contributed by atoms with Gasteiger partial charge in [0.2, 0.25) is 0 Å². The zero-order chi connectivity index (χ0) is 29.3. The number of likely N-dealkylation sites (tertiary alicyclic amines) is 2. The second-order valence-corrected chi connectivity index (χ2v) is 12.2. The minimum atomic E-state index is -0.967. The first-order valence-electron chi connectivity index (χ1n) is 14.6. The van der Waals surface area contributed by atoms with E-state index < -0.39 is 11.7 Å². The van der Waals surface area contributed by atoms with Crippen molar-refractivity contribution < 1.29 is 29.6 Å². The van der Waals surface area contributed by atoms with Crippen LogP contribution < -0.4 is 4.74 Å². The number of halogens is 1. The Labute approximate surface area is 251 Å². The zero-order valence-electron chi connectivity index (χ0n) is 23.5. The lowest BCUT2D eigenvalue weighted by molar-refractivity contribution is -0.0835. The van der Waals surface area contributed by atoms with E-state index in [2.05, 4.69) is 11.0 Å². The number of amides is 1. The molecule has 2 saturated heterocycles. The Hall–Kier alpha value is -3.14. The van der Waals surface area contributed by atoms with Gasteiger partial charge in [0.15, 0.2) is 0 Å². The third-order valence-electron chi connectivity index (χ3n) is 9.01. The van der Waals surface area contributed by atoms with Crippen LogP contribution >= 0.6 is 11.6 Å². The molecule has 1 spiro atoms. The number of hydrogen-bond donors (Lipinski definition) is 3. The SMILES string of the molecule is O=C(c1ccc(O)cc1OC[C@@H](O)CN1CCC2(CC1)OCc1cc(Cl)ccc12)N1CCC(O)(c2ccccc2)CC1. The molecule has 42 heavy (non-hydrogen) atoms. The number of aromatic hydroxyl groups is 1. The van der Waals surface area contributed by atoms with Crippen LogP contribution in [0.4, 0.5) is 0 Å². The fourth-order valence-electron chi connectivity index (χ4n) is 6.56. The van der Waals surface area contributed by atoms with Crippen LogP contribution in [0.5, 0.6) is 11.5 Å². The molecule has 8 nitrogen and oxygen atoms in total. The molecule has 9 heteroatoms. The van der Waals surface area contributed by atoms with Crippen LogP contribution in [0.2, 0.25) is 5.02 Å². The van der Waals surface area contributed by atoms with Crippen molar-refractivity contribution in [2.45, 2.75) is 49.6 Å². The first kappa shape index (κ1) is 29.0. The van der Waals surface area contributed by atoms with Gasteiger partial charge in [0.25, 0.3) is 5.91 Å². The molecule has 1 amide bonds. The largest absolute Gasteiger partial charge is 0.508 e. The number of hydrogen-bond acceptors (Lipinski definition) is 7. The number of carbonyl (C=O) groups excluding carboxylic acids is 1. The van der Waals surface area contributed by atoms with Crippen LogP contribution in [0, 0.1) is 0 Å². The van der Waals surface area contributed by atoms with E-state index in [1.165, 1.54) is 17.7 Å². The number of piperidine rings is 2. The number of aliphatic hydroxyl groups is 2. The van der Waals surface area contributed by atoms with Gasteiger partial charge in [-0.15, -0.1) is 0 Å². The van der Waals surface area contributed by atoms with Crippen molar-refractivity contribution in [2.24, 2.45) is 0 Å². The minimum absolute atomic E-state index is 0.0169. The highest BCUT2D eigenvalue weighted by Gasteiger charge is 2.43. The Morgan fingerprint density at radius 1 is 0.976 bits per heavy atom. The first-order valence-corrected chi connectivity index (χ1v) is 15.0. The maximum absolute atomic E-state index is 13.5. The Kier molecular flexibility index (Phi) is 8.18. The van der Waals surface area contributed by atoms with Crippen LogP contribution in [-0.2, 0) is 22.5 Å². The summed E-state index contributed by atoms with van der Waals surface area (Å²) >= 11 is 6.16. The predicted molar refractivity (Wildman–Crippen MR) is 159 cm³/mol. The molecule has 0 aromatic heterocycles. The van der Waals surface area contributed by atoms with Gasteiger partial charge in [-0.05, 0) is 66.6 Å². The molecule has 3 aromatic rings. The molecule has 3 aliphatic heterocycles. The average Bonchev–Trinajstić information content (AvgIpc) is 3.34. The molecule has 0 radical (unpaired) electrons. The molecule has 222 valence electrons. The molecule has 3 N–H and O–H groups in total. The van der Waals surface area contributed by atoms with E-state index in [0.717, 1.165) is 42.1 Å². The number of nitrogens with zero attached hydrogens (tertiary/aromatic N) is 2. The summed E-state index contributed by atoms with van der Waals surface area (Å²) in [6.45, 7) is 3.32. The van der Waals surface area contributed by atoms with Gasteiger partial charge >= 0.3 is 0 Å². The van der Waals surface area contributed by atoms with Gasteiger partial charge in [0, 0.05) is 43.8 Å². The third kappa shape index (κ3) is 5.87. The molecule has 2 fully saturated rings. The van der Waals surface area contributed by atoms with Crippen molar-refractivity contribution in [3.05, 3.63) is 94.0 Å². The lowest BCUT2D eigenvalue weighted by Gasteiger charge is -2.40. The fourth-order valence-corrected chi connectivity index (χ4v) is 6.76. The van der Waals surface area contributed by atoms with E-state index in [-0.39, 0.29) is 29.6 Å². The van der Waals surface area contributed by atoms with Gasteiger partial charge < -0.3 is 34.6 Å². The number of ether oxygens (including phenoxy) is 2. The van der Waals surface area contributed by atoms with Crippen molar-refractivity contribution in [3.8, 4) is 11.5 Å². The Bertz CT molecular complexity index is 1420. The summed E-state index contributed by atoms with van der Waals surface area (Å²) in [4.78, 5) is 17.4. The van der Waals surface area contributed by atoms with Gasteiger partial charge in [-0.1, -0.05) is 48.0 Å². The van der Waals surface area contributed by atoms with Crippen LogP contribution in [0.25, 0.3) is 0 Å². The second-order valence-electron chi connectivity index (χ2n) is 11.7. The summed E-state index contributed by atoms with van der Waals surface area (Å²) < 4.78 is 12.2. The molecular formula is C33H37ClN2O6. The minimum Gasteiger partial charge on any atom is -0.508 e. The van der Waals surface area contributed by atoms with Crippen molar-refractivity contribution in [1.82, 2.24) is 9.80 Å². The van der Waals surface area contributed by atoms with E-state index in [1.807, 2.05) is 42.5 Å². The number of rotatable bonds is 7. The molecule has 3 heterocycles. The smallest absolute Gasteiger partial charge is 0.257 e. The van der Waals surface area contributed by atoms with Crippen molar-refractivity contribution in [1.29, 1.82) is 0 Å². The normalized spacial score (nSPS) is 20.3. The molecule has 0 bridgehead atoms. The van der Waals surface area contributed by atoms with E-state index in [9.17, 15) is 20.1 Å². The van der Waals surface area contributed by atoms with Crippen molar-refractivity contribution in [3.63, 3.8) is 0 Å². The zero-order valence-corrected chi connectivity index (χ0v) is 24.3. The second kappa shape index (κ2) is 11.9. The lowest BCUT2D eigenvalue weighted by atomic mass is 9.84. The molecule has 0 unspecified atom stereocenters. The number of fused-ring (bicyclic) bond motifs is 2. The van der Waals surface area contributed by atoms with E-state index in [0.29, 0.717) is 44.6 Å². The molecule has 0 aliphatic carbocycles. The quantitative estimate of drug-likeness (QED) is 0.373. The number of β-amino-alcohol motifs (C(OH)–C–C–N with tert-alkyl or cyclic N) is 1. The van der Waals surface area contributed by atoms with Gasteiger partial charge in [-0.2, -0.15) is 0 Å². The highest BCUT2D eigenvalue weighted by molar-refractivity contribution is 6.30. The first-order chi connectivity index (χ1) is 20.2. The molecule has 6 rings (SSSR count). The maximum atomic E-state index is 13.5. The van der Waals surface area contributed by atoms with Crippen molar-refractivity contribution >= 4 is 17.5 Å². The van der Waals surface area contributed by atoms with Crippen LogP contribution in [0.1, 0.15) is 52.7 Å². The highest BCUT2D eigenvalue weighted by Crippen LogP contribution is 2.44. The van der Waals surface area contributed by atoms with Crippen LogP contribution in [-0.4, -0.2) is 76.5 Å². The van der Waals surface area contributed by atoms with E-state index in [1.54, 1.807) is 11.0 Å². The van der Waals surface area contributed by atoms with Crippen molar-refractivity contribution in [2.75, 3.05) is 39.3 Å². The number of carbonyl (C=O) groups is 1. The molecular weight excluding hydrogens is 556 g/mol. The molecule has 0 saturated carbocycles. The highest BCUT2D eigenvalue weighted by atomic mass is 35.5. The number of benzene rings is 3. The maximum Gasteiger partial charge on any atom is 0.257 e. The number of phenolic OH excluding ortho intramolecular Hbond substituents is 1. The molecule has 3 aliphatic rings. The summed E-state index contributed by atoms with van der Waals surface area (Å²) in [5.74, 6) is -0.0168. The standard InChI is InChI=1S/C33H37ClN2O6/c34-25-6-9-29-23(18-25)21-42-33(29)12-14-35(15-13-33)20-27(38)22-41-30-19-26(37)7-8-28(30)31(39)36-16-10-32(40,11-17-36)24-4-2-1-3-5-24/h1-9,18-19,27,37-38,40H,10-17,20-22H2/t27-/m0/s1. The lowest BCUT2D eigenvalue weighted by Crippen LogP contribution is -2.46. The average molecular weight is 593 g/mol. The topological polar surface area (TPSA) is 103 Å². The number of phenols is 1. The summed E-state index contributed by atoms with van der Waals surface area (Å²) in [5, 5.41) is 32.8. The summed E-state index contributed by atoms with van der Waals surface area (Å²) in [5.41, 5.74) is 2.29. The van der Waals surface area contributed by atoms with Crippen LogP contribution in [0.15, 0.2) is 66.7 Å². The molecule has 3 aromatic carbocycles. The summed E-state index contributed by atoms with van der Waals surface area (Å²) in [7, 11) is 0. The van der Waals surface area contributed by atoms with E-state index in [4.69, 9.17) is 21.1 Å². The van der Waals surface area contributed by atoms with Gasteiger partial charge in [-0.25, -0.2) is 0 Å². The Balaban J connectivity index is 1.03. The number of aliphatic hydroxyl groups excluding tert-OH is 1. The predicted octanol–water partition coefficient (Wildman–Crippen LogP) is 4.43. The van der Waals surface area contributed by atoms with Crippen LogP contribution in [0.3, 0.4) is 0 Å². The van der Waals surface area contributed by atoms with E-state index >= 15 is 0 Å². The monoisotopic (exact) mass is 592 g/mol. The van der Waals surface area contributed by atoms with Gasteiger partial charge in [0.1, 0.15) is 24.2 Å². The Morgan fingerprint density at radius 3 is 2.45 bits per heavy atom.